The average molecular weight is 405 g/mol. The van der Waals surface area contributed by atoms with E-state index in [2.05, 4.69) is 30.2 Å². The first-order valence-electron chi connectivity index (χ1n) is 8.93. The van der Waals surface area contributed by atoms with E-state index in [9.17, 15) is 18.0 Å². The van der Waals surface area contributed by atoms with E-state index in [0.717, 1.165) is 41.9 Å². The van der Waals surface area contributed by atoms with E-state index in [1.807, 2.05) is 6.07 Å². The maximum absolute atomic E-state index is 12.6. The fourth-order valence-corrected chi connectivity index (χ4v) is 3.36. The molecule has 0 unspecified atom stereocenters. The third kappa shape index (κ3) is 3.80. The zero-order valence-corrected chi connectivity index (χ0v) is 15.4. The molecule has 1 aliphatic rings. The molecule has 0 saturated carbocycles. The number of aromatic amines is 1. The van der Waals surface area contributed by atoms with Gasteiger partial charge in [-0.2, -0.15) is 13.2 Å². The van der Waals surface area contributed by atoms with Gasteiger partial charge >= 0.3 is 12.2 Å². The summed E-state index contributed by atoms with van der Waals surface area (Å²) in [5.41, 5.74) is -0.117. The number of halogens is 3. The van der Waals surface area contributed by atoms with Gasteiger partial charge in [0.25, 0.3) is 0 Å². The number of fused-ring (bicyclic) bond motifs is 1. The molecule has 1 aliphatic heterocycles. The maximum Gasteiger partial charge on any atom is 0.417 e. The van der Waals surface area contributed by atoms with Crippen molar-refractivity contribution in [3.05, 3.63) is 42.5 Å². The lowest BCUT2D eigenvalue weighted by atomic mass is 10.2. The van der Waals surface area contributed by atoms with Crippen molar-refractivity contribution in [1.29, 1.82) is 0 Å². The second-order valence-electron chi connectivity index (χ2n) is 6.80. The molecule has 4 heterocycles. The number of amides is 2. The summed E-state index contributed by atoms with van der Waals surface area (Å²) in [7, 11) is 1.65. The zero-order chi connectivity index (χ0) is 20.6. The average Bonchev–Trinajstić information content (AvgIpc) is 3.36. The summed E-state index contributed by atoms with van der Waals surface area (Å²) < 4.78 is 37.9. The first-order chi connectivity index (χ1) is 13.8. The number of carbonyl (C=O) groups excluding carboxylic acids is 1. The van der Waals surface area contributed by atoms with Crippen LogP contribution in [0.25, 0.3) is 11.0 Å². The summed E-state index contributed by atoms with van der Waals surface area (Å²) in [6, 6.07) is 3.42. The fourth-order valence-electron chi connectivity index (χ4n) is 3.36. The van der Waals surface area contributed by atoms with Gasteiger partial charge in [0, 0.05) is 32.5 Å². The van der Waals surface area contributed by atoms with E-state index >= 15 is 0 Å². The summed E-state index contributed by atoms with van der Waals surface area (Å²) in [4.78, 5) is 31.4. The number of nitrogens with zero attached hydrogens (tertiary/aromatic N) is 5. The fraction of sp³-hybridized carbons (Fsp3) is 0.333. The van der Waals surface area contributed by atoms with Gasteiger partial charge in [0.1, 0.15) is 23.6 Å². The third-order valence-corrected chi connectivity index (χ3v) is 4.99. The number of anilines is 2. The van der Waals surface area contributed by atoms with Crippen LogP contribution in [0.15, 0.2) is 36.9 Å². The van der Waals surface area contributed by atoms with Gasteiger partial charge in [-0.1, -0.05) is 0 Å². The number of aromatic nitrogens is 4. The molecule has 1 saturated heterocycles. The Kier molecular flexibility index (Phi) is 4.73. The Hall–Kier alpha value is -3.37. The Morgan fingerprint density at radius 2 is 2.10 bits per heavy atom. The number of nitrogens with one attached hydrogen (secondary N) is 2. The van der Waals surface area contributed by atoms with Gasteiger partial charge in [0.2, 0.25) is 0 Å². The number of rotatable bonds is 3. The predicted octanol–water partition coefficient (Wildman–Crippen LogP) is 3.11. The number of hydrogen-bond donors (Lipinski definition) is 2. The van der Waals surface area contributed by atoms with Crippen molar-refractivity contribution in [3.8, 4) is 0 Å². The molecule has 2 amide bonds. The van der Waals surface area contributed by atoms with E-state index < -0.39 is 17.8 Å². The lowest BCUT2D eigenvalue weighted by Crippen LogP contribution is -2.41. The third-order valence-electron chi connectivity index (χ3n) is 4.99. The van der Waals surface area contributed by atoms with E-state index in [-0.39, 0.29) is 11.9 Å². The Balaban J connectivity index is 1.40. The molecule has 8 nitrogen and oxygen atoms in total. The molecule has 0 aromatic carbocycles. The molecule has 152 valence electrons. The minimum Gasteiger partial charge on any atom is -0.354 e. The van der Waals surface area contributed by atoms with Crippen LogP contribution >= 0.6 is 0 Å². The molecule has 29 heavy (non-hydrogen) atoms. The molecular weight excluding hydrogens is 387 g/mol. The Bertz CT molecular complexity index is 1020. The molecule has 0 spiro atoms. The van der Waals surface area contributed by atoms with Gasteiger partial charge in [0.15, 0.2) is 0 Å². The van der Waals surface area contributed by atoms with Crippen molar-refractivity contribution in [2.75, 3.05) is 30.4 Å². The molecule has 3 aromatic rings. The van der Waals surface area contributed by atoms with Crippen molar-refractivity contribution < 1.29 is 18.0 Å². The number of hydrogen-bond acceptors (Lipinski definition) is 5. The van der Waals surface area contributed by atoms with Crippen LogP contribution in [0.4, 0.5) is 29.6 Å². The summed E-state index contributed by atoms with van der Waals surface area (Å²) in [6.07, 6.45) is 0.261. The monoisotopic (exact) mass is 405 g/mol. The van der Waals surface area contributed by atoms with E-state index in [4.69, 9.17) is 0 Å². The Morgan fingerprint density at radius 1 is 1.28 bits per heavy atom. The van der Waals surface area contributed by atoms with Crippen LogP contribution in [-0.2, 0) is 6.18 Å². The van der Waals surface area contributed by atoms with Gasteiger partial charge in [-0.25, -0.2) is 19.7 Å². The first kappa shape index (κ1) is 19.0. The lowest BCUT2D eigenvalue weighted by Gasteiger charge is -2.25. The van der Waals surface area contributed by atoms with Crippen molar-refractivity contribution in [1.82, 2.24) is 24.8 Å². The predicted molar refractivity (Wildman–Crippen MR) is 101 cm³/mol. The quantitative estimate of drug-likeness (QED) is 0.699. The standard InChI is InChI=1S/C18H18F3N7O/c1-27(17(29)26-14-3-2-11(8-23-14)18(19,20)21)12-5-7-28(9-12)16-13-4-6-22-15(13)24-10-25-16/h2-4,6,8,10,12H,5,7,9H2,1H3,(H,22,24,25)(H,23,26,29)/t12-/m1/s1. The number of alkyl halides is 3. The molecule has 0 aliphatic carbocycles. The molecule has 1 atom stereocenters. The Morgan fingerprint density at radius 3 is 2.83 bits per heavy atom. The summed E-state index contributed by atoms with van der Waals surface area (Å²) in [6.45, 7) is 1.31. The van der Waals surface area contributed by atoms with Crippen LogP contribution in [0.1, 0.15) is 12.0 Å². The second-order valence-corrected chi connectivity index (χ2v) is 6.80. The lowest BCUT2D eigenvalue weighted by molar-refractivity contribution is -0.137. The van der Waals surface area contributed by atoms with Gasteiger partial charge in [-0.05, 0) is 24.6 Å². The molecule has 0 radical (unpaired) electrons. The Labute approximate surface area is 163 Å². The van der Waals surface area contributed by atoms with E-state index in [0.29, 0.717) is 12.7 Å². The topological polar surface area (TPSA) is 90.0 Å². The highest BCUT2D eigenvalue weighted by Crippen LogP contribution is 2.29. The first-order valence-corrected chi connectivity index (χ1v) is 8.93. The zero-order valence-electron chi connectivity index (χ0n) is 15.4. The molecular formula is C18H18F3N7O. The summed E-state index contributed by atoms with van der Waals surface area (Å²) in [5, 5.41) is 3.45. The van der Waals surface area contributed by atoms with Gasteiger partial charge in [-0.3, -0.25) is 5.32 Å². The van der Waals surface area contributed by atoms with Crippen LogP contribution in [-0.4, -0.2) is 57.0 Å². The van der Waals surface area contributed by atoms with Gasteiger partial charge in [0.05, 0.1) is 17.0 Å². The molecule has 2 N–H and O–H groups in total. The highest BCUT2D eigenvalue weighted by molar-refractivity contribution is 5.89. The number of urea groups is 1. The summed E-state index contributed by atoms with van der Waals surface area (Å²) in [5.74, 6) is 0.867. The molecule has 3 aromatic heterocycles. The number of likely N-dealkylation sites (N-methyl/N-ethyl adjacent to an activating group) is 1. The van der Waals surface area contributed by atoms with Gasteiger partial charge < -0.3 is 14.8 Å². The van der Waals surface area contributed by atoms with Crippen LogP contribution in [0, 0.1) is 0 Å². The van der Waals surface area contributed by atoms with Gasteiger partial charge in [-0.15, -0.1) is 0 Å². The molecule has 4 rings (SSSR count). The largest absolute Gasteiger partial charge is 0.417 e. The minimum absolute atomic E-state index is 0.0644. The van der Waals surface area contributed by atoms with Crippen LogP contribution in [0.5, 0.6) is 0 Å². The number of carbonyl (C=O) groups is 1. The number of pyridine rings is 1. The molecule has 11 heteroatoms. The van der Waals surface area contributed by atoms with E-state index in [1.165, 1.54) is 11.2 Å². The number of H-pyrrole nitrogens is 1. The van der Waals surface area contributed by atoms with Crippen LogP contribution in [0.2, 0.25) is 0 Å². The van der Waals surface area contributed by atoms with Crippen LogP contribution in [0.3, 0.4) is 0 Å². The minimum atomic E-state index is -4.47. The maximum atomic E-state index is 12.6. The summed E-state index contributed by atoms with van der Waals surface area (Å²) >= 11 is 0. The van der Waals surface area contributed by atoms with Crippen molar-refractivity contribution in [2.45, 2.75) is 18.6 Å². The normalized spacial score (nSPS) is 17.0. The molecule has 1 fully saturated rings. The van der Waals surface area contributed by atoms with Crippen molar-refractivity contribution in [2.24, 2.45) is 0 Å². The SMILES string of the molecule is CN(C(=O)Nc1ccc(C(F)(F)F)cn1)[C@@H]1CCN(c2ncnc3[nH]ccc23)C1. The van der Waals surface area contributed by atoms with Crippen molar-refractivity contribution >= 4 is 28.7 Å². The van der Waals surface area contributed by atoms with Crippen molar-refractivity contribution in [3.63, 3.8) is 0 Å². The van der Waals surface area contributed by atoms with E-state index in [1.54, 1.807) is 13.2 Å². The highest BCUT2D eigenvalue weighted by Gasteiger charge is 2.32. The highest BCUT2D eigenvalue weighted by atomic mass is 19.4. The smallest absolute Gasteiger partial charge is 0.354 e. The van der Waals surface area contributed by atoms with Crippen LogP contribution < -0.4 is 10.2 Å². The molecule has 0 bridgehead atoms. The second kappa shape index (κ2) is 7.22.